The fraction of sp³-hybridized carbons (Fsp3) is 0.400. The first kappa shape index (κ1) is 12.8. The van der Waals surface area contributed by atoms with E-state index in [1.54, 1.807) is 0 Å². The maximum atomic E-state index is 4.36. The molecule has 1 aromatic carbocycles. The van der Waals surface area contributed by atoms with Gasteiger partial charge in [0, 0.05) is 18.3 Å². The minimum atomic E-state index is 0.232. The van der Waals surface area contributed by atoms with E-state index in [2.05, 4.69) is 61.6 Å². The SMILES string of the molecule is CCNC(c1ccc(C)cc1)c1cnn(CC)c1. The lowest BCUT2D eigenvalue weighted by Crippen LogP contribution is -2.21. The van der Waals surface area contributed by atoms with Crippen LogP contribution < -0.4 is 5.32 Å². The van der Waals surface area contributed by atoms with Crippen LogP contribution in [-0.2, 0) is 6.54 Å². The van der Waals surface area contributed by atoms with Crippen molar-refractivity contribution < 1.29 is 0 Å². The van der Waals surface area contributed by atoms with E-state index in [-0.39, 0.29) is 6.04 Å². The Kier molecular flexibility index (Phi) is 4.15. The van der Waals surface area contributed by atoms with E-state index in [0.29, 0.717) is 0 Å². The molecule has 96 valence electrons. The van der Waals surface area contributed by atoms with Crippen LogP contribution in [0.4, 0.5) is 0 Å². The molecule has 1 unspecified atom stereocenters. The largest absolute Gasteiger partial charge is 0.306 e. The summed E-state index contributed by atoms with van der Waals surface area (Å²) in [5.74, 6) is 0. The van der Waals surface area contributed by atoms with Gasteiger partial charge in [-0.25, -0.2) is 0 Å². The normalized spacial score (nSPS) is 12.6. The van der Waals surface area contributed by atoms with E-state index in [9.17, 15) is 0 Å². The van der Waals surface area contributed by atoms with E-state index >= 15 is 0 Å². The molecule has 0 radical (unpaired) electrons. The Balaban J connectivity index is 2.29. The molecule has 3 nitrogen and oxygen atoms in total. The van der Waals surface area contributed by atoms with Gasteiger partial charge in [0.15, 0.2) is 0 Å². The molecule has 0 saturated carbocycles. The third-order valence-corrected chi connectivity index (χ3v) is 3.13. The highest BCUT2D eigenvalue weighted by atomic mass is 15.3. The topological polar surface area (TPSA) is 29.9 Å². The van der Waals surface area contributed by atoms with Crippen molar-refractivity contribution in [1.29, 1.82) is 0 Å². The Morgan fingerprint density at radius 2 is 1.89 bits per heavy atom. The number of nitrogens with zero attached hydrogens (tertiary/aromatic N) is 2. The molecule has 1 atom stereocenters. The zero-order chi connectivity index (χ0) is 13.0. The molecule has 0 aliphatic rings. The van der Waals surface area contributed by atoms with Gasteiger partial charge in [-0.05, 0) is 26.0 Å². The van der Waals surface area contributed by atoms with E-state index in [1.807, 2.05) is 10.9 Å². The van der Waals surface area contributed by atoms with Crippen molar-refractivity contribution in [2.75, 3.05) is 6.54 Å². The lowest BCUT2D eigenvalue weighted by atomic mass is 10.0. The summed E-state index contributed by atoms with van der Waals surface area (Å²) in [4.78, 5) is 0. The number of benzene rings is 1. The van der Waals surface area contributed by atoms with Gasteiger partial charge in [-0.3, -0.25) is 4.68 Å². The number of hydrogen-bond donors (Lipinski definition) is 1. The summed E-state index contributed by atoms with van der Waals surface area (Å²) in [6.07, 6.45) is 4.07. The third-order valence-electron chi connectivity index (χ3n) is 3.13. The Bertz CT molecular complexity index is 485. The quantitative estimate of drug-likeness (QED) is 0.875. The van der Waals surface area contributed by atoms with Crippen molar-refractivity contribution in [3.8, 4) is 0 Å². The highest BCUT2D eigenvalue weighted by molar-refractivity contribution is 5.31. The average Bonchev–Trinajstić information content (AvgIpc) is 2.86. The van der Waals surface area contributed by atoms with E-state index in [4.69, 9.17) is 0 Å². The molecule has 0 bridgehead atoms. The smallest absolute Gasteiger partial charge is 0.0607 e. The fourth-order valence-electron chi connectivity index (χ4n) is 2.09. The number of aromatic nitrogens is 2. The van der Waals surface area contributed by atoms with Crippen LogP contribution in [0.3, 0.4) is 0 Å². The third kappa shape index (κ3) is 2.79. The molecule has 0 spiro atoms. The van der Waals surface area contributed by atoms with Crippen LogP contribution in [0, 0.1) is 6.92 Å². The Hall–Kier alpha value is -1.61. The summed E-state index contributed by atoms with van der Waals surface area (Å²) < 4.78 is 1.97. The molecular weight excluding hydrogens is 222 g/mol. The van der Waals surface area contributed by atoms with Crippen molar-refractivity contribution in [1.82, 2.24) is 15.1 Å². The molecule has 3 heteroatoms. The summed E-state index contributed by atoms with van der Waals surface area (Å²) in [6.45, 7) is 8.19. The van der Waals surface area contributed by atoms with Crippen molar-refractivity contribution >= 4 is 0 Å². The lowest BCUT2D eigenvalue weighted by molar-refractivity contribution is 0.625. The molecule has 18 heavy (non-hydrogen) atoms. The van der Waals surface area contributed by atoms with Crippen LogP contribution >= 0.6 is 0 Å². The van der Waals surface area contributed by atoms with Gasteiger partial charge in [0.1, 0.15) is 0 Å². The molecule has 2 rings (SSSR count). The minimum absolute atomic E-state index is 0.232. The van der Waals surface area contributed by atoms with E-state index in [0.717, 1.165) is 13.1 Å². The molecular formula is C15H21N3. The monoisotopic (exact) mass is 243 g/mol. The van der Waals surface area contributed by atoms with Crippen LogP contribution in [0.25, 0.3) is 0 Å². The first-order valence-corrected chi connectivity index (χ1v) is 6.57. The van der Waals surface area contributed by atoms with Crippen LogP contribution in [0.15, 0.2) is 36.7 Å². The summed E-state index contributed by atoms with van der Waals surface area (Å²) in [5.41, 5.74) is 3.80. The average molecular weight is 243 g/mol. The molecule has 2 aromatic rings. The van der Waals surface area contributed by atoms with Gasteiger partial charge in [0.25, 0.3) is 0 Å². The predicted molar refractivity (Wildman–Crippen MR) is 74.6 cm³/mol. The summed E-state index contributed by atoms with van der Waals surface area (Å²) in [7, 11) is 0. The second kappa shape index (κ2) is 5.83. The first-order valence-electron chi connectivity index (χ1n) is 6.57. The summed E-state index contributed by atoms with van der Waals surface area (Å²) in [5, 5.41) is 7.88. The highest BCUT2D eigenvalue weighted by Crippen LogP contribution is 2.21. The molecule has 1 heterocycles. The number of aryl methyl sites for hydroxylation is 2. The predicted octanol–water partition coefficient (Wildman–Crippen LogP) is 2.91. The van der Waals surface area contributed by atoms with Gasteiger partial charge in [0.05, 0.1) is 12.2 Å². The van der Waals surface area contributed by atoms with Gasteiger partial charge in [-0.2, -0.15) is 5.10 Å². The molecule has 1 N–H and O–H groups in total. The van der Waals surface area contributed by atoms with E-state index in [1.165, 1.54) is 16.7 Å². The first-order chi connectivity index (χ1) is 8.74. The van der Waals surface area contributed by atoms with E-state index < -0.39 is 0 Å². The van der Waals surface area contributed by atoms with Gasteiger partial charge in [-0.1, -0.05) is 36.8 Å². The molecule has 0 aliphatic carbocycles. The number of nitrogens with one attached hydrogen (secondary N) is 1. The van der Waals surface area contributed by atoms with Crippen LogP contribution in [-0.4, -0.2) is 16.3 Å². The van der Waals surface area contributed by atoms with Crippen molar-refractivity contribution in [2.45, 2.75) is 33.4 Å². The maximum absolute atomic E-state index is 4.36. The summed E-state index contributed by atoms with van der Waals surface area (Å²) in [6, 6.07) is 8.92. The maximum Gasteiger partial charge on any atom is 0.0607 e. The highest BCUT2D eigenvalue weighted by Gasteiger charge is 2.14. The van der Waals surface area contributed by atoms with Crippen LogP contribution in [0.1, 0.15) is 36.6 Å². The Morgan fingerprint density at radius 1 is 1.17 bits per heavy atom. The van der Waals surface area contributed by atoms with Gasteiger partial charge >= 0.3 is 0 Å². The van der Waals surface area contributed by atoms with Gasteiger partial charge in [0.2, 0.25) is 0 Å². The molecule has 1 aromatic heterocycles. The minimum Gasteiger partial charge on any atom is -0.306 e. The molecule has 0 saturated heterocycles. The molecule has 0 amide bonds. The zero-order valence-corrected chi connectivity index (χ0v) is 11.4. The van der Waals surface area contributed by atoms with Crippen molar-refractivity contribution in [3.63, 3.8) is 0 Å². The fourth-order valence-corrected chi connectivity index (χ4v) is 2.09. The van der Waals surface area contributed by atoms with Crippen LogP contribution in [0.2, 0.25) is 0 Å². The van der Waals surface area contributed by atoms with Crippen LogP contribution in [0.5, 0.6) is 0 Å². The van der Waals surface area contributed by atoms with Crippen molar-refractivity contribution in [3.05, 3.63) is 53.3 Å². The Labute approximate surface area is 109 Å². The number of hydrogen-bond acceptors (Lipinski definition) is 2. The molecule has 0 fully saturated rings. The Morgan fingerprint density at radius 3 is 2.44 bits per heavy atom. The van der Waals surface area contributed by atoms with Gasteiger partial charge in [-0.15, -0.1) is 0 Å². The molecule has 0 aliphatic heterocycles. The second-order valence-electron chi connectivity index (χ2n) is 4.53. The second-order valence-corrected chi connectivity index (χ2v) is 4.53. The van der Waals surface area contributed by atoms with Gasteiger partial charge < -0.3 is 5.32 Å². The number of rotatable bonds is 5. The summed E-state index contributed by atoms with van der Waals surface area (Å²) >= 11 is 0. The lowest BCUT2D eigenvalue weighted by Gasteiger charge is -2.17. The zero-order valence-electron chi connectivity index (χ0n) is 11.4. The van der Waals surface area contributed by atoms with Crippen molar-refractivity contribution in [2.24, 2.45) is 0 Å². The standard InChI is InChI=1S/C15H21N3/c1-4-16-15(13-8-6-12(3)7-9-13)14-10-17-18(5-2)11-14/h6-11,15-16H,4-5H2,1-3H3.